The van der Waals surface area contributed by atoms with Gasteiger partial charge in [-0.1, -0.05) is 20.8 Å². The van der Waals surface area contributed by atoms with Crippen molar-refractivity contribution < 1.29 is 4.79 Å². The normalized spacial score (nSPS) is 13.7. The zero-order valence-electron chi connectivity index (χ0n) is 10.3. The highest BCUT2D eigenvalue weighted by atomic mass is 32.2. The average molecular weight is 232 g/mol. The van der Waals surface area contributed by atoms with Crippen LogP contribution in [0, 0.1) is 0 Å². The largest absolute Gasteiger partial charge is 0.354 e. The van der Waals surface area contributed by atoms with Crippen molar-refractivity contribution >= 4 is 17.7 Å². The van der Waals surface area contributed by atoms with Crippen molar-refractivity contribution in [3.8, 4) is 0 Å². The summed E-state index contributed by atoms with van der Waals surface area (Å²) in [7, 11) is 0. The molecule has 0 aromatic rings. The number of carbonyl (C=O) groups excluding carboxylic acids is 1. The second-order valence-corrected chi connectivity index (χ2v) is 5.23. The van der Waals surface area contributed by atoms with Crippen LogP contribution >= 0.6 is 11.8 Å². The van der Waals surface area contributed by atoms with Crippen LogP contribution in [-0.4, -0.2) is 29.5 Å². The van der Waals surface area contributed by atoms with Gasteiger partial charge in [-0.25, -0.2) is 0 Å². The molecule has 0 aliphatic heterocycles. The summed E-state index contributed by atoms with van der Waals surface area (Å²) in [6.07, 6.45) is 4.45. The molecule has 0 aromatic heterocycles. The maximum absolute atomic E-state index is 11.8. The molecule has 0 bridgehead atoms. The second kappa shape index (κ2) is 7.12. The van der Waals surface area contributed by atoms with Gasteiger partial charge in [0, 0.05) is 11.8 Å². The summed E-state index contributed by atoms with van der Waals surface area (Å²) in [6, 6.07) is 0. The van der Waals surface area contributed by atoms with Crippen LogP contribution in [0.3, 0.4) is 0 Å². The minimum atomic E-state index is -0.678. The Morgan fingerprint density at radius 3 is 2.40 bits per heavy atom. The number of nitrogens with two attached hydrogens (primary N) is 1. The Balaban J connectivity index is 3.92. The molecule has 4 heteroatoms. The van der Waals surface area contributed by atoms with E-state index in [9.17, 15) is 4.79 Å². The van der Waals surface area contributed by atoms with Crippen molar-refractivity contribution in [2.24, 2.45) is 5.73 Å². The van der Waals surface area contributed by atoms with Gasteiger partial charge in [0.2, 0.25) is 5.91 Å². The molecule has 0 saturated carbocycles. The quantitative estimate of drug-likeness (QED) is 0.703. The maximum atomic E-state index is 11.8. The first-order valence-electron chi connectivity index (χ1n) is 5.60. The van der Waals surface area contributed by atoms with E-state index in [0.717, 1.165) is 13.0 Å². The highest BCUT2D eigenvalue weighted by Crippen LogP contribution is 2.12. The molecule has 1 atom stereocenters. The zero-order valence-corrected chi connectivity index (χ0v) is 11.1. The van der Waals surface area contributed by atoms with E-state index in [2.05, 4.69) is 18.5 Å². The fourth-order valence-corrected chi connectivity index (χ4v) is 1.61. The lowest BCUT2D eigenvalue weighted by molar-refractivity contribution is -0.126. The summed E-state index contributed by atoms with van der Waals surface area (Å²) in [4.78, 5) is 11.8. The smallest absolute Gasteiger partial charge is 0.240 e. The summed E-state index contributed by atoms with van der Waals surface area (Å²) in [5.41, 5.74) is 5.29. The van der Waals surface area contributed by atoms with E-state index >= 15 is 0 Å². The predicted octanol–water partition coefficient (Wildman–Crippen LogP) is 1.76. The van der Waals surface area contributed by atoms with Gasteiger partial charge in [-0.2, -0.15) is 11.8 Å². The number of amides is 1. The van der Waals surface area contributed by atoms with E-state index in [1.807, 2.05) is 25.6 Å². The number of hydrogen-bond acceptors (Lipinski definition) is 3. The van der Waals surface area contributed by atoms with Gasteiger partial charge in [0.25, 0.3) is 0 Å². The number of rotatable bonds is 7. The molecule has 0 aliphatic carbocycles. The molecular weight excluding hydrogens is 208 g/mol. The Bertz CT molecular complexity index is 193. The Labute approximate surface area is 97.6 Å². The topological polar surface area (TPSA) is 55.1 Å². The third kappa shape index (κ3) is 4.89. The molecule has 1 unspecified atom stereocenters. The van der Waals surface area contributed by atoms with Crippen LogP contribution in [0.2, 0.25) is 0 Å². The zero-order chi connectivity index (χ0) is 11.9. The highest BCUT2D eigenvalue weighted by molar-refractivity contribution is 7.99. The van der Waals surface area contributed by atoms with Crippen LogP contribution in [0.5, 0.6) is 0 Å². The fraction of sp³-hybridized carbons (Fsp3) is 0.909. The van der Waals surface area contributed by atoms with Crippen LogP contribution in [0.25, 0.3) is 0 Å². The number of thioether (sulfide) groups is 1. The summed E-state index contributed by atoms with van der Waals surface area (Å²) in [5.74, 6) is -0.0131. The van der Waals surface area contributed by atoms with Gasteiger partial charge in [-0.3, -0.25) is 4.79 Å². The third-order valence-electron chi connectivity index (χ3n) is 2.95. The molecule has 0 rings (SSSR count). The minimum Gasteiger partial charge on any atom is -0.354 e. The van der Waals surface area contributed by atoms with Crippen molar-refractivity contribution in [1.29, 1.82) is 0 Å². The summed E-state index contributed by atoms with van der Waals surface area (Å²) < 4.78 is 0. The van der Waals surface area contributed by atoms with Crippen LogP contribution < -0.4 is 11.1 Å². The van der Waals surface area contributed by atoms with E-state index < -0.39 is 5.54 Å². The number of hydrogen-bond donors (Lipinski definition) is 2. The van der Waals surface area contributed by atoms with Gasteiger partial charge in [-0.15, -0.1) is 0 Å². The molecule has 0 heterocycles. The molecule has 15 heavy (non-hydrogen) atoms. The average Bonchev–Trinajstić information content (AvgIpc) is 2.27. The molecule has 0 aromatic carbocycles. The Morgan fingerprint density at radius 1 is 1.47 bits per heavy atom. The molecule has 90 valence electrons. The molecule has 0 spiro atoms. The first kappa shape index (κ1) is 14.8. The molecule has 0 radical (unpaired) electrons. The van der Waals surface area contributed by atoms with E-state index in [-0.39, 0.29) is 5.91 Å². The van der Waals surface area contributed by atoms with Gasteiger partial charge < -0.3 is 11.1 Å². The Morgan fingerprint density at radius 2 is 2.00 bits per heavy atom. The minimum absolute atomic E-state index is 0.0131. The first-order valence-corrected chi connectivity index (χ1v) is 6.89. The predicted molar refractivity (Wildman–Crippen MR) is 68.1 cm³/mol. The SMILES string of the molecule is CCC(N)(CC)C(=O)NCCC(C)SC. The van der Waals surface area contributed by atoms with E-state index in [4.69, 9.17) is 5.73 Å². The fourth-order valence-electron chi connectivity index (χ4n) is 1.25. The van der Waals surface area contributed by atoms with E-state index in [1.54, 1.807) is 0 Å². The maximum Gasteiger partial charge on any atom is 0.240 e. The van der Waals surface area contributed by atoms with Crippen molar-refractivity contribution in [1.82, 2.24) is 5.32 Å². The number of nitrogens with one attached hydrogen (secondary N) is 1. The standard InChI is InChI=1S/C11H24N2OS/c1-5-11(12,6-2)10(14)13-8-7-9(3)15-4/h9H,5-8,12H2,1-4H3,(H,13,14). The van der Waals surface area contributed by atoms with Crippen LogP contribution in [0.1, 0.15) is 40.0 Å². The van der Waals surface area contributed by atoms with Gasteiger partial charge >= 0.3 is 0 Å². The van der Waals surface area contributed by atoms with Crippen molar-refractivity contribution in [2.45, 2.75) is 50.8 Å². The number of carbonyl (C=O) groups is 1. The lowest BCUT2D eigenvalue weighted by Crippen LogP contribution is -2.53. The van der Waals surface area contributed by atoms with Crippen LogP contribution in [-0.2, 0) is 4.79 Å². The molecule has 0 fully saturated rings. The Kier molecular flexibility index (Phi) is 7.02. The first-order chi connectivity index (χ1) is 7.00. The summed E-state index contributed by atoms with van der Waals surface area (Å²) in [5, 5.41) is 3.50. The molecule has 0 aliphatic rings. The van der Waals surface area contributed by atoms with Gasteiger partial charge in [0.05, 0.1) is 5.54 Å². The van der Waals surface area contributed by atoms with Crippen LogP contribution in [0.4, 0.5) is 0 Å². The van der Waals surface area contributed by atoms with E-state index in [1.165, 1.54) is 0 Å². The third-order valence-corrected chi connectivity index (χ3v) is 3.99. The summed E-state index contributed by atoms with van der Waals surface area (Å²) in [6.45, 7) is 6.78. The lowest BCUT2D eigenvalue weighted by Gasteiger charge is -2.25. The van der Waals surface area contributed by atoms with Crippen LogP contribution in [0.15, 0.2) is 0 Å². The summed E-state index contributed by atoms with van der Waals surface area (Å²) >= 11 is 1.81. The Hall–Kier alpha value is -0.220. The monoisotopic (exact) mass is 232 g/mol. The van der Waals surface area contributed by atoms with E-state index in [0.29, 0.717) is 18.1 Å². The molecular formula is C11H24N2OS. The van der Waals surface area contributed by atoms with Crippen molar-refractivity contribution in [2.75, 3.05) is 12.8 Å². The molecule has 0 saturated heterocycles. The highest BCUT2D eigenvalue weighted by Gasteiger charge is 2.29. The second-order valence-electron chi connectivity index (χ2n) is 3.95. The van der Waals surface area contributed by atoms with Crippen molar-refractivity contribution in [3.63, 3.8) is 0 Å². The molecule has 3 N–H and O–H groups in total. The van der Waals surface area contributed by atoms with Gasteiger partial charge in [-0.05, 0) is 25.5 Å². The van der Waals surface area contributed by atoms with Gasteiger partial charge in [0.1, 0.15) is 0 Å². The van der Waals surface area contributed by atoms with Crippen molar-refractivity contribution in [3.05, 3.63) is 0 Å². The lowest BCUT2D eigenvalue weighted by atomic mass is 9.93. The molecule has 3 nitrogen and oxygen atoms in total. The van der Waals surface area contributed by atoms with Gasteiger partial charge in [0.15, 0.2) is 0 Å². The molecule has 1 amide bonds.